The van der Waals surface area contributed by atoms with Gasteiger partial charge in [-0.2, -0.15) is 0 Å². The van der Waals surface area contributed by atoms with Crippen molar-refractivity contribution in [2.24, 2.45) is 0 Å². The van der Waals surface area contributed by atoms with Crippen LogP contribution in [0.5, 0.6) is 0 Å². The maximum absolute atomic E-state index is 10.3. The standard InChI is InChI=1S/C4H5ClN2O4/c5-2(4(9)7-11)1-3(8)6-10/h1,10-11H,(H,6,8)(H,7,9). The number of carbonyl (C=O) groups is 2. The average Bonchev–Trinajstić information content (AvgIpc) is 2.02. The van der Waals surface area contributed by atoms with Gasteiger partial charge in [-0.1, -0.05) is 11.6 Å². The Hall–Kier alpha value is -1.11. The zero-order valence-corrected chi connectivity index (χ0v) is 5.92. The zero-order valence-electron chi connectivity index (χ0n) is 5.17. The summed E-state index contributed by atoms with van der Waals surface area (Å²) in [7, 11) is 0. The third-order valence-electron chi connectivity index (χ3n) is 0.686. The van der Waals surface area contributed by atoms with Gasteiger partial charge in [0.1, 0.15) is 5.03 Å². The fourth-order valence-corrected chi connectivity index (χ4v) is 0.408. The Balaban J connectivity index is 4.21. The van der Waals surface area contributed by atoms with E-state index in [4.69, 9.17) is 22.0 Å². The fraction of sp³-hybridized carbons (Fsp3) is 0. The molecule has 4 N–H and O–H groups in total. The Morgan fingerprint density at radius 2 is 1.82 bits per heavy atom. The third-order valence-corrected chi connectivity index (χ3v) is 0.967. The lowest BCUT2D eigenvalue weighted by Gasteiger charge is -1.94. The summed E-state index contributed by atoms with van der Waals surface area (Å²) in [5.74, 6) is -1.99. The Labute approximate surface area is 66.4 Å². The van der Waals surface area contributed by atoms with Gasteiger partial charge in [-0.05, 0) is 0 Å². The summed E-state index contributed by atoms with van der Waals surface area (Å²) < 4.78 is 0. The zero-order chi connectivity index (χ0) is 8.85. The second-order valence-corrected chi connectivity index (χ2v) is 1.82. The predicted octanol–water partition coefficient (Wildman–Crippen LogP) is -0.880. The van der Waals surface area contributed by atoms with Crippen molar-refractivity contribution in [3.05, 3.63) is 11.1 Å². The van der Waals surface area contributed by atoms with Crippen molar-refractivity contribution in [3.63, 3.8) is 0 Å². The lowest BCUT2D eigenvalue weighted by atomic mass is 10.4. The second kappa shape index (κ2) is 4.67. The van der Waals surface area contributed by atoms with Crippen LogP contribution in [-0.4, -0.2) is 22.2 Å². The van der Waals surface area contributed by atoms with E-state index < -0.39 is 16.8 Å². The summed E-state index contributed by atoms with van der Waals surface area (Å²) in [6.45, 7) is 0. The number of carbonyl (C=O) groups excluding carboxylic acids is 2. The molecule has 0 unspecified atom stereocenters. The molecule has 0 aliphatic rings. The summed E-state index contributed by atoms with van der Waals surface area (Å²) in [4.78, 5) is 20.6. The van der Waals surface area contributed by atoms with Crippen molar-refractivity contribution in [1.82, 2.24) is 11.0 Å². The monoisotopic (exact) mass is 180 g/mol. The smallest absolute Gasteiger partial charge is 0.286 e. The topological polar surface area (TPSA) is 98.7 Å². The van der Waals surface area contributed by atoms with Crippen molar-refractivity contribution in [3.8, 4) is 0 Å². The van der Waals surface area contributed by atoms with E-state index in [2.05, 4.69) is 0 Å². The summed E-state index contributed by atoms with van der Waals surface area (Å²) in [6, 6.07) is 0. The van der Waals surface area contributed by atoms with Crippen molar-refractivity contribution in [2.45, 2.75) is 0 Å². The molecular formula is C4H5ClN2O4. The number of hydroxylamine groups is 2. The lowest BCUT2D eigenvalue weighted by molar-refractivity contribution is -0.126. The Bertz CT molecular complexity index is 202. The highest BCUT2D eigenvalue weighted by molar-refractivity contribution is 6.43. The molecule has 11 heavy (non-hydrogen) atoms. The van der Waals surface area contributed by atoms with Gasteiger partial charge in [0.05, 0.1) is 0 Å². The quantitative estimate of drug-likeness (QED) is 0.252. The molecule has 0 rings (SSSR count). The molecule has 0 aromatic carbocycles. The van der Waals surface area contributed by atoms with Crippen LogP contribution in [0.1, 0.15) is 0 Å². The molecule has 0 saturated heterocycles. The number of halogens is 1. The minimum absolute atomic E-state index is 0.543. The molecule has 0 radical (unpaired) electrons. The van der Waals surface area contributed by atoms with Crippen molar-refractivity contribution in [1.29, 1.82) is 0 Å². The molecule has 0 heterocycles. The van der Waals surface area contributed by atoms with Crippen molar-refractivity contribution in [2.75, 3.05) is 0 Å². The van der Waals surface area contributed by atoms with Crippen LogP contribution in [-0.2, 0) is 9.59 Å². The summed E-state index contributed by atoms with van der Waals surface area (Å²) in [5, 5.41) is 15.4. The first-order valence-electron chi connectivity index (χ1n) is 2.37. The first-order chi connectivity index (χ1) is 5.11. The molecular weight excluding hydrogens is 176 g/mol. The van der Waals surface area contributed by atoms with E-state index in [1.807, 2.05) is 0 Å². The highest BCUT2D eigenvalue weighted by atomic mass is 35.5. The number of hydrogen-bond acceptors (Lipinski definition) is 4. The molecule has 0 aliphatic heterocycles. The highest BCUT2D eigenvalue weighted by Crippen LogP contribution is 1.99. The molecule has 2 amide bonds. The van der Waals surface area contributed by atoms with Crippen LogP contribution in [0.2, 0.25) is 0 Å². The van der Waals surface area contributed by atoms with Crippen molar-refractivity contribution < 1.29 is 20.0 Å². The van der Waals surface area contributed by atoms with E-state index in [0.717, 1.165) is 0 Å². The average molecular weight is 181 g/mol. The molecule has 0 fully saturated rings. The second-order valence-electron chi connectivity index (χ2n) is 1.41. The molecule has 7 heteroatoms. The minimum atomic E-state index is -1.03. The van der Waals surface area contributed by atoms with Crippen LogP contribution in [0.3, 0.4) is 0 Å². The van der Waals surface area contributed by atoms with Gasteiger partial charge in [-0.3, -0.25) is 20.0 Å². The van der Waals surface area contributed by atoms with Gasteiger partial charge in [-0.25, -0.2) is 11.0 Å². The van der Waals surface area contributed by atoms with E-state index in [1.54, 1.807) is 0 Å². The number of nitrogens with one attached hydrogen (secondary N) is 2. The molecule has 0 aromatic heterocycles. The summed E-state index contributed by atoms with van der Waals surface area (Å²) >= 11 is 5.12. The molecule has 0 aromatic rings. The molecule has 0 aliphatic carbocycles. The van der Waals surface area contributed by atoms with Gasteiger partial charge in [0, 0.05) is 6.08 Å². The van der Waals surface area contributed by atoms with E-state index in [0.29, 0.717) is 6.08 Å². The predicted molar refractivity (Wildman–Crippen MR) is 33.8 cm³/mol. The van der Waals surface area contributed by atoms with Crippen LogP contribution in [0.15, 0.2) is 11.1 Å². The van der Waals surface area contributed by atoms with E-state index in [9.17, 15) is 9.59 Å². The number of hydrogen-bond donors (Lipinski definition) is 4. The maximum atomic E-state index is 10.3. The first-order valence-corrected chi connectivity index (χ1v) is 2.75. The fourth-order valence-electron chi connectivity index (χ4n) is 0.266. The molecule has 0 bridgehead atoms. The maximum Gasteiger partial charge on any atom is 0.286 e. The Kier molecular flexibility index (Phi) is 4.20. The van der Waals surface area contributed by atoms with Gasteiger partial charge in [-0.15, -0.1) is 0 Å². The van der Waals surface area contributed by atoms with Gasteiger partial charge in [0.25, 0.3) is 11.8 Å². The van der Waals surface area contributed by atoms with Crippen LogP contribution in [0, 0.1) is 0 Å². The SMILES string of the molecule is O=C(C=C(Cl)C(=O)NO)NO. The van der Waals surface area contributed by atoms with Crippen molar-refractivity contribution >= 4 is 23.4 Å². The Morgan fingerprint density at radius 1 is 1.27 bits per heavy atom. The molecule has 6 nitrogen and oxygen atoms in total. The normalized spacial score (nSPS) is 10.6. The lowest BCUT2D eigenvalue weighted by Crippen LogP contribution is -2.21. The summed E-state index contributed by atoms with van der Waals surface area (Å²) in [5.41, 5.74) is 2.41. The highest BCUT2D eigenvalue weighted by Gasteiger charge is 2.06. The molecule has 0 spiro atoms. The third kappa shape index (κ3) is 3.56. The van der Waals surface area contributed by atoms with E-state index >= 15 is 0 Å². The number of rotatable bonds is 2. The molecule has 0 atom stereocenters. The van der Waals surface area contributed by atoms with E-state index in [-0.39, 0.29) is 0 Å². The van der Waals surface area contributed by atoms with Crippen LogP contribution in [0.25, 0.3) is 0 Å². The largest absolute Gasteiger partial charge is 0.288 e. The van der Waals surface area contributed by atoms with Crippen LogP contribution < -0.4 is 11.0 Å². The minimum Gasteiger partial charge on any atom is -0.288 e. The summed E-state index contributed by atoms with van der Waals surface area (Å²) in [6.07, 6.45) is 0.604. The molecule has 62 valence electrons. The van der Waals surface area contributed by atoms with Gasteiger partial charge in [0.15, 0.2) is 0 Å². The molecule has 0 saturated carbocycles. The van der Waals surface area contributed by atoms with Gasteiger partial charge >= 0.3 is 0 Å². The van der Waals surface area contributed by atoms with Crippen LogP contribution in [0.4, 0.5) is 0 Å². The van der Waals surface area contributed by atoms with E-state index in [1.165, 1.54) is 11.0 Å². The Morgan fingerprint density at radius 3 is 2.18 bits per heavy atom. The van der Waals surface area contributed by atoms with Gasteiger partial charge in [0.2, 0.25) is 0 Å². The number of amides is 2. The van der Waals surface area contributed by atoms with Crippen LogP contribution >= 0.6 is 11.6 Å². The first kappa shape index (κ1) is 9.89. The van der Waals surface area contributed by atoms with Gasteiger partial charge < -0.3 is 0 Å².